The molecule has 1 atom stereocenters. The summed E-state index contributed by atoms with van der Waals surface area (Å²) in [4.78, 5) is 24.7. The summed E-state index contributed by atoms with van der Waals surface area (Å²) < 4.78 is 8.25. The number of aromatic nitrogens is 2. The monoisotopic (exact) mass is 305 g/mol. The highest BCUT2D eigenvalue weighted by atomic mass is 16.5. The topological polar surface area (TPSA) is 65.3 Å². The molecule has 1 N–H and O–H groups in total. The number of hydrogen-bond donors (Lipinski definition) is 1. The molecule has 1 heterocycles. The van der Waals surface area contributed by atoms with Crippen molar-refractivity contribution in [1.82, 2.24) is 14.5 Å². The van der Waals surface area contributed by atoms with Crippen molar-refractivity contribution in [3.63, 3.8) is 0 Å². The third kappa shape index (κ3) is 3.39. The van der Waals surface area contributed by atoms with Crippen LogP contribution in [0.5, 0.6) is 0 Å². The molecule has 6 heteroatoms. The summed E-state index contributed by atoms with van der Waals surface area (Å²) in [5.41, 5.74) is 1.51. The first-order chi connectivity index (χ1) is 10.6. The van der Waals surface area contributed by atoms with Gasteiger partial charge in [0.05, 0.1) is 17.6 Å². The lowest BCUT2D eigenvalue weighted by molar-refractivity contribution is -0.122. The smallest absolute Gasteiger partial charge is 0.329 e. The van der Waals surface area contributed by atoms with Crippen LogP contribution in [-0.4, -0.2) is 34.8 Å². The Kier molecular flexibility index (Phi) is 5.38. The van der Waals surface area contributed by atoms with Crippen molar-refractivity contribution in [2.24, 2.45) is 0 Å². The van der Waals surface area contributed by atoms with E-state index in [2.05, 4.69) is 5.32 Å². The fraction of sp³-hybridized carbons (Fsp3) is 0.500. The van der Waals surface area contributed by atoms with Gasteiger partial charge in [-0.25, -0.2) is 4.79 Å². The minimum atomic E-state index is -0.189. The molecular weight excluding hydrogens is 282 g/mol. The third-order valence-electron chi connectivity index (χ3n) is 3.50. The summed E-state index contributed by atoms with van der Waals surface area (Å²) in [7, 11) is 1.59. The molecule has 0 spiro atoms. The minimum Gasteiger partial charge on any atom is -0.383 e. The van der Waals surface area contributed by atoms with E-state index in [1.54, 1.807) is 11.7 Å². The lowest BCUT2D eigenvalue weighted by atomic mass is 10.3. The van der Waals surface area contributed by atoms with Gasteiger partial charge in [-0.15, -0.1) is 0 Å². The van der Waals surface area contributed by atoms with E-state index in [1.165, 1.54) is 4.57 Å². The number of nitrogens with one attached hydrogen (secondary N) is 1. The number of ether oxygens (including phenoxy) is 1. The molecule has 2 rings (SSSR count). The van der Waals surface area contributed by atoms with Gasteiger partial charge in [-0.3, -0.25) is 13.9 Å². The van der Waals surface area contributed by atoms with Crippen LogP contribution < -0.4 is 11.0 Å². The van der Waals surface area contributed by atoms with Crippen LogP contribution in [0.2, 0.25) is 0 Å². The minimum absolute atomic E-state index is 0.0180. The summed E-state index contributed by atoms with van der Waals surface area (Å²) in [6.45, 7) is 5.00. The molecule has 1 aromatic heterocycles. The number of amides is 1. The molecule has 1 unspecified atom stereocenters. The van der Waals surface area contributed by atoms with Gasteiger partial charge in [0.1, 0.15) is 6.54 Å². The Balaban J connectivity index is 2.29. The number of fused-ring (bicyclic) bond motifs is 1. The van der Waals surface area contributed by atoms with E-state index < -0.39 is 0 Å². The average Bonchev–Trinajstić information content (AvgIpc) is 2.74. The normalized spacial score (nSPS) is 12.5. The van der Waals surface area contributed by atoms with Gasteiger partial charge in [-0.05, 0) is 25.5 Å². The molecule has 0 saturated heterocycles. The predicted molar refractivity (Wildman–Crippen MR) is 86.0 cm³/mol. The van der Waals surface area contributed by atoms with Crippen molar-refractivity contribution in [1.29, 1.82) is 0 Å². The lowest BCUT2D eigenvalue weighted by Crippen LogP contribution is -2.39. The van der Waals surface area contributed by atoms with Gasteiger partial charge in [-0.2, -0.15) is 0 Å². The van der Waals surface area contributed by atoms with Crippen LogP contribution in [0.15, 0.2) is 29.1 Å². The van der Waals surface area contributed by atoms with Gasteiger partial charge in [0.15, 0.2) is 0 Å². The molecule has 2 aromatic rings. The number of rotatable bonds is 7. The zero-order chi connectivity index (χ0) is 16.1. The van der Waals surface area contributed by atoms with Crippen molar-refractivity contribution in [2.75, 3.05) is 13.7 Å². The van der Waals surface area contributed by atoms with E-state index in [1.807, 2.05) is 38.1 Å². The Morgan fingerprint density at radius 3 is 2.50 bits per heavy atom. The first-order valence-electron chi connectivity index (χ1n) is 7.54. The van der Waals surface area contributed by atoms with Gasteiger partial charge in [0.25, 0.3) is 0 Å². The number of hydrogen-bond acceptors (Lipinski definition) is 3. The zero-order valence-electron chi connectivity index (χ0n) is 13.3. The molecule has 6 nitrogen and oxygen atoms in total. The summed E-state index contributed by atoms with van der Waals surface area (Å²) in [6.07, 6.45) is 0.866. The van der Waals surface area contributed by atoms with Crippen LogP contribution >= 0.6 is 0 Å². The third-order valence-corrected chi connectivity index (χ3v) is 3.50. The van der Waals surface area contributed by atoms with Gasteiger partial charge in [0.2, 0.25) is 5.91 Å². The largest absolute Gasteiger partial charge is 0.383 e. The van der Waals surface area contributed by atoms with Crippen LogP contribution in [0.25, 0.3) is 11.0 Å². The molecule has 1 amide bonds. The Hall–Kier alpha value is -2.08. The summed E-state index contributed by atoms with van der Waals surface area (Å²) in [5.74, 6) is -0.189. The quantitative estimate of drug-likeness (QED) is 0.840. The van der Waals surface area contributed by atoms with E-state index in [0.717, 1.165) is 17.5 Å². The molecule has 0 aliphatic heterocycles. The molecule has 120 valence electrons. The van der Waals surface area contributed by atoms with Crippen molar-refractivity contribution < 1.29 is 9.53 Å². The van der Waals surface area contributed by atoms with Crippen molar-refractivity contribution in [3.8, 4) is 0 Å². The van der Waals surface area contributed by atoms with Gasteiger partial charge >= 0.3 is 5.69 Å². The van der Waals surface area contributed by atoms with Crippen LogP contribution in [0, 0.1) is 0 Å². The first kappa shape index (κ1) is 16.3. The van der Waals surface area contributed by atoms with Gasteiger partial charge < -0.3 is 10.1 Å². The number of carbonyl (C=O) groups is 1. The van der Waals surface area contributed by atoms with Crippen LogP contribution in [0.1, 0.15) is 20.3 Å². The molecule has 0 fully saturated rings. The number of benzene rings is 1. The predicted octanol–water partition coefficient (Wildman–Crippen LogP) is 1.36. The summed E-state index contributed by atoms with van der Waals surface area (Å²) in [5, 5.41) is 2.83. The van der Waals surface area contributed by atoms with Crippen molar-refractivity contribution in [2.45, 2.75) is 39.4 Å². The summed E-state index contributed by atoms with van der Waals surface area (Å²) in [6, 6.07) is 7.47. The lowest BCUT2D eigenvalue weighted by Gasteiger charge is -2.12. The maximum atomic E-state index is 12.5. The van der Waals surface area contributed by atoms with E-state index in [0.29, 0.717) is 13.2 Å². The average molecular weight is 305 g/mol. The van der Waals surface area contributed by atoms with E-state index >= 15 is 0 Å². The molecule has 0 aliphatic rings. The fourth-order valence-electron chi connectivity index (χ4n) is 2.62. The Labute approximate surface area is 129 Å². The van der Waals surface area contributed by atoms with Gasteiger partial charge in [0, 0.05) is 19.7 Å². The molecule has 0 radical (unpaired) electrons. The highest BCUT2D eigenvalue weighted by Crippen LogP contribution is 2.13. The first-order valence-corrected chi connectivity index (χ1v) is 7.54. The molecule has 22 heavy (non-hydrogen) atoms. The number of nitrogens with zero attached hydrogens (tertiary/aromatic N) is 2. The second-order valence-corrected chi connectivity index (χ2v) is 5.43. The molecule has 0 saturated carbocycles. The highest BCUT2D eigenvalue weighted by Gasteiger charge is 2.15. The standard InChI is InChI=1S/C16H23N3O3/c1-4-9-18-13-7-5-6-8-14(13)19(16(18)21)10-15(20)17-12(2)11-22-3/h5-8,12H,4,9-11H2,1-3H3,(H,17,20). The van der Waals surface area contributed by atoms with E-state index in [-0.39, 0.29) is 24.2 Å². The van der Waals surface area contributed by atoms with Crippen molar-refractivity contribution >= 4 is 16.9 Å². The van der Waals surface area contributed by atoms with Crippen molar-refractivity contribution in [3.05, 3.63) is 34.7 Å². The number of methoxy groups -OCH3 is 1. The van der Waals surface area contributed by atoms with Crippen LogP contribution in [0.3, 0.4) is 0 Å². The number of aryl methyl sites for hydroxylation is 1. The Morgan fingerprint density at radius 2 is 1.91 bits per heavy atom. The molecule has 0 bridgehead atoms. The second-order valence-electron chi connectivity index (χ2n) is 5.43. The van der Waals surface area contributed by atoms with E-state index in [9.17, 15) is 9.59 Å². The molecule has 0 aliphatic carbocycles. The number of para-hydroxylation sites is 2. The molecular formula is C16H23N3O3. The van der Waals surface area contributed by atoms with Gasteiger partial charge in [-0.1, -0.05) is 19.1 Å². The number of carbonyl (C=O) groups excluding carboxylic acids is 1. The summed E-state index contributed by atoms with van der Waals surface area (Å²) >= 11 is 0. The van der Waals surface area contributed by atoms with E-state index in [4.69, 9.17) is 4.74 Å². The van der Waals surface area contributed by atoms with Crippen LogP contribution in [-0.2, 0) is 22.6 Å². The second kappa shape index (κ2) is 7.26. The van der Waals surface area contributed by atoms with Crippen LogP contribution in [0.4, 0.5) is 0 Å². The highest BCUT2D eigenvalue weighted by molar-refractivity contribution is 5.81. The SMILES string of the molecule is CCCn1c(=O)n(CC(=O)NC(C)COC)c2ccccc21. The molecule has 1 aromatic carbocycles. The Bertz CT molecular complexity index is 702. The Morgan fingerprint density at radius 1 is 1.27 bits per heavy atom. The maximum absolute atomic E-state index is 12.5. The number of imidazole rings is 1. The maximum Gasteiger partial charge on any atom is 0.329 e. The zero-order valence-corrected chi connectivity index (χ0v) is 13.3. The fourth-order valence-corrected chi connectivity index (χ4v) is 2.62.